The van der Waals surface area contributed by atoms with E-state index in [4.69, 9.17) is 17.7 Å². The molecule has 2 N–H and O–H groups in total. The summed E-state index contributed by atoms with van der Waals surface area (Å²) in [6.07, 6.45) is 1.43. The largest absolute Gasteiger partial charge is 0.487 e. The van der Waals surface area contributed by atoms with Crippen molar-refractivity contribution in [3.05, 3.63) is 70.4 Å². The molecule has 2 aromatic heterocycles. The first-order valence-corrected chi connectivity index (χ1v) is 11.6. The lowest BCUT2D eigenvalue weighted by atomic mass is 10.0. The molecule has 0 aliphatic carbocycles. The average Bonchev–Trinajstić information content (AvgIpc) is 3.31. The van der Waals surface area contributed by atoms with Gasteiger partial charge < -0.3 is 19.9 Å². The minimum atomic E-state index is -3.22. The second-order valence-electron chi connectivity index (χ2n) is 8.13. The van der Waals surface area contributed by atoms with Gasteiger partial charge in [-0.2, -0.15) is 13.9 Å². The molecule has 200 valence electrons. The zero-order chi connectivity index (χ0) is 28.3. The topological polar surface area (TPSA) is 111 Å². The van der Waals surface area contributed by atoms with E-state index in [0.29, 0.717) is 22.8 Å². The fourth-order valence-electron chi connectivity index (χ4n) is 3.90. The SMILES string of the molecule is [2H][C@@](CO)(NC(=O)COC(F)F)c1cc(F)cc(Cl)c1COc1cccc2c(-c3ncnn3C)cc(C)nc12. The molecule has 1 atom stereocenters. The van der Waals surface area contributed by atoms with Crippen LogP contribution in [0.3, 0.4) is 0 Å². The lowest BCUT2D eigenvalue weighted by Crippen LogP contribution is -2.34. The van der Waals surface area contributed by atoms with Crippen LogP contribution in [0.1, 0.15) is 24.2 Å². The van der Waals surface area contributed by atoms with E-state index in [1.54, 1.807) is 30.8 Å². The lowest BCUT2D eigenvalue weighted by Gasteiger charge is -2.22. The quantitative estimate of drug-likeness (QED) is 0.306. The Kier molecular flexibility index (Phi) is 8.01. The van der Waals surface area contributed by atoms with Gasteiger partial charge in [0.2, 0.25) is 5.91 Å². The molecule has 0 aliphatic rings. The number of fused-ring (bicyclic) bond motifs is 1. The van der Waals surface area contributed by atoms with Crippen molar-refractivity contribution in [2.45, 2.75) is 26.2 Å². The third-order valence-electron chi connectivity index (χ3n) is 5.53. The maximum atomic E-state index is 14.3. The molecule has 1 amide bonds. The Balaban J connectivity index is 1.71. The number of carbonyl (C=O) groups is 1. The zero-order valence-corrected chi connectivity index (χ0v) is 21.0. The summed E-state index contributed by atoms with van der Waals surface area (Å²) in [7, 11) is 1.76. The van der Waals surface area contributed by atoms with Crippen molar-refractivity contribution >= 4 is 28.4 Å². The van der Waals surface area contributed by atoms with Gasteiger partial charge in [-0.25, -0.2) is 19.0 Å². The molecule has 0 aliphatic heterocycles. The molecule has 9 nitrogen and oxygen atoms in total. The molecule has 0 unspecified atom stereocenters. The van der Waals surface area contributed by atoms with Crippen molar-refractivity contribution in [3.8, 4) is 17.1 Å². The predicted molar refractivity (Wildman–Crippen MR) is 132 cm³/mol. The van der Waals surface area contributed by atoms with E-state index in [9.17, 15) is 23.1 Å². The number of aliphatic hydroxyl groups is 1. The fourth-order valence-corrected chi connectivity index (χ4v) is 4.16. The number of rotatable bonds is 10. The number of nitrogens with one attached hydrogen (secondary N) is 1. The first-order chi connectivity index (χ1) is 18.5. The first-order valence-electron chi connectivity index (χ1n) is 11.7. The summed E-state index contributed by atoms with van der Waals surface area (Å²) in [4.78, 5) is 21.0. The van der Waals surface area contributed by atoms with Crippen LogP contribution in [-0.4, -0.2) is 50.6 Å². The van der Waals surface area contributed by atoms with Crippen LogP contribution in [0.25, 0.3) is 22.3 Å². The maximum Gasteiger partial charge on any atom is 0.345 e. The van der Waals surface area contributed by atoms with Crippen molar-refractivity contribution < 1.29 is 33.9 Å². The molecule has 0 radical (unpaired) electrons. The van der Waals surface area contributed by atoms with E-state index in [0.717, 1.165) is 23.1 Å². The van der Waals surface area contributed by atoms with E-state index in [-0.39, 0.29) is 22.8 Å². The van der Waals surface area contributed by atoms with E-state index < -0.39 is 37.6 Å². The molecule has 0 spiro atoms. The van der Waals surface area contributed by atoms with E-state index in [2.05, 4.69) is 25.1 Å². The Morgan fingerprint density at radius 3 is 2.79 bits per heavy atom. The average molecular weight is 551 g/mol. The van der Waals surface area contributed by atoms with Crippen molar-refractivity contribution in [1.29, 1.82) is 0 Å². The third kappa shape index (κ3) is 6.04. The Morgan fingerprint density at radius 1 is 1.32 bits per heavy atom. The van der Waals surface area contributed by atoms with Crippen LogP contribution in [0.15, 0.2) is 42.7 Å². The van der Waals surface area contributed by atoms with Crippen LogP contribution in [0.2, 0.25) is 5.02 Å². The zero-order valence-electron chi connectivity index (χ0n) is 21.2. The summed E-state index contributed by atoms with van der Waals surface area (Å²) >= 11 is 6.30. The van der Waals surface area contributed by atoms with E-state index >= 15 is 0 Å². The second-order valence-corrected chi connectivity index (χ2v) is 8.54. The van der Waals surface area contributed by atoms with Gasteiger partial charge in [-0.3, -0.25) is 4.79 Å². The lowest BCUT2D eigenvalue weighted by molar-refractivity contribution is -0.152. The van der Waals surface area contributed by atoms with Crippen LogP contribution in [0, 0.1) is 12.7 Å². The molecule has 0 bridgehead atoms. The van der Waals surface area contributed by atoms with Crippen LogP contribution in [0.5, 0.6) is 5.75 Å². The minimum Gasteiger partial charge on any atom is -0.487 e. The molecule has 13 heteroatoms. The van der Waals surface area contributed by atoms with Gasteiger partial charge in [-0.1, -0.05) is 23.7 Å². The highest BCUT2D eigenvalue weighted by atomic mass is 35.5. The summed E-state index contributed by atoms with van der Waals surface area (Å²) in [6, 6.07) is 6.65. The Bertz CT molecular complexity index is 1520. The predicted octanol–water partition coefficient (Wildman–Crippen LogP) is 4.10. The second kappa shape index (κ2) is 11.8. The number of aliphatic hydroxyl groups excluding tert-OH is 1. The number of halogens is 4. The van der Waals surface area contributed by atoms with E-state index in [1.165, 1.54) is 6.33 Å². The molecule has 2 aromatic carbocycles. The van der Waals surface area contributed by atoms with Crippen LogP contribution in [-0.2, 0) is 23.2 Å². The number of carbonyl (C=O) groups excluding carboxylic acids is 1. The molecule has 4 aromatic rings. The van der Waals surface area contributed by atoms with Crippen LogP contribution in [0.4, 0.5) is 13.2 Å². The summed E-state index contributed by atoms with van der Waals surface area (Å²) in [5.41, 5.74) is 1.78. The molecule has 0 saturated carbocycles. The highest BCUT2D eigenvalue weighted by molar-refractivity contribution is 6.31. The van der Waals surface area contributed by atoms with Gasteiger partial charge in [0.15, 0.2) is 5.82 Å². The molecule has 0 fully saturated rings. The number of para-hydroxylation sites is 1. The molecule has 4 rings (SSSR count). The molecule has 0 saturated heterocycles. The summed E-state index contributed by atoms with van der Waals surface area (Å²) in [5, 5.41) is 16.7. The Hall–Kier alpha value is -3.74. The number of nitrogens with zero attached hydrogens (tertiary/aromatic N) is 4. The van der Waals surface area contributed by atoms with Gasteiger partial charge in [0.05, 0.1) is 19.0 Å². The molecule has 2 heterocycles. The van der Waals surface area contributed by atoms with Gasteiger partial charge in [-0.15, -0.1) is 0 Å². The number of amides is 1. The summed E-state index contributed by atoms with van der Waals surface area (Å²) in [5.74, 6) is -1.03. The number of hydrogen-bond acceptors (Lipinski definition) is 7. The number of alkyl halides is 2. The third-order valence-corrected chi connectivity index (χ3v) is 5.87. The van der Waals surface area contributed by atoms with Gasteiger partial charge in [0, 0.05) is 29.3 Å². The van der Waals surface area contributed by atoms with Gasteiger partial charge in [0.25, 0.3) is 0 Å². The molecular formula is C25H23ClF3N5O4. The van der Waals surface area contributed by atoms with Crippen molar-refractivity contribution in [1.82, 2.24) is 25.1 Å². The number of aryl methyl sites for hydroxylation is 2. The van der Waals surface area contributed by atoms with Gasteiger partial charge in [-0.05, 0) is 36.8 Å². The van der Waals surface area contributed by atoms with Gasteiger partial charge in [0.1, 0.15) is 36.6 Å². The van der Waals surface area contributed by atoms with Crippen LogP contribution >= 0.6 is 11.6 Å². The number of aromatic nitrogens is 4. The standard InChI is InChI=1S/C25H23ClF3N5O4/c1-13-6-17(24-30-12-31-34(24)2)15-4-3-5-21(23(15)32-13)37-10-18-16(7-14(27)8-19(18)26)20(9-35)33-22(36)11-38-25(28)29/h3-8,12,20,25,35H,9-11H2,1-2H3,(H,33,36)/t20-/m0/s1/i20D. The first kappa shape index (κ1) is 25.9. The number of benzene rings is 2. The fraction of sp³-hybridized carbons (Fsp3) is 0.280. The summed E-state index contributed by atoms with van der Waals surface area (Å²) in [6.45, 7) is -3.84. The highest BCUT2D eigenvalue weighted by Crippen LogP contribution is 2.34. The number of hydrogen-bond donors (Lipinski definition) is 2. The smallest absolute Gasteiger partial charge is 0.345 e. The number of ether oxygens (including phenoxy) is 2. The van der Waals surface area contributed by atoms with Crippen LogP contribution < -0.4 is 10.1 Å². The van der Waals surface area contributed by atoms with Crippen molar-refractivity contribution in [2.24, 2.45) is 7.05 Å². The van der Waals surface area contributed by atoms with Gasteiger partial charge >= 0.3 is 6.61 Å². The highest BCUT2D eigenvalue weighted by Gasteiger charge is 2.22. The normalized spacial score (nSPS) is 13.4. The monoisotopic (exact) mass is 550 g/mol. The van der Waals surface area contributed by atoms with Crippen molar-refractivity contribution in [2.75, 3.05) is 13.2 Å². The minimum absolute atomic E-state index is 0.0791. The van der Waals surface area contributed by atoms with Crippen molar-refractivity contribution in [3.63, 3.8) is 0 Å². The van der Waals surface area contributed by atoms with E-state index in [1.807, 2.05) is 12.1 Å². The molecule has 38 heavy (non-hydrogen) atoms. The maximum absolute atomic E-state index is 14.3. The summed E-state index contributed by atoms with van der Waals surface area (Å²) < 4.78 is 59.2. The Labute approximate surface area is 221 Å². The Morgan fingerprint density at radius 2 is 2.11 bits per heavy atom. The number of pyridine rings is 1. The molecular weight excluding hydrogens is 527 g/mol.